The number of amides is 3. The zero-order valence-electron chi connectivity index (χ0n) is 20.3. The summed E-state index contributed by atoms with van der Waals surface area (Å²) < 4.78 is 0. The smallest absolute Gasteiger partial charge is 0.257 e. The van der Waals surface area contributed by atoms with Crippen molar-refractivity contribution in [1.82, 2.24) is 15.1 Å². The van der Waals surface area contributed by atoms with Crippen LogP contribution in [0.5, 0.6) is 0 Å². The van der Waals surface area contributed by atoms with Crippen LogP contribution < -0.4 is 16.0 Å². The lowest BCUT2D eigenvalue weighted by Crippen LogP contribution is -2.46. The van der Waals surface area contributed by atoms with Gasteiger partial charge in [-0.2, -0.15) is 0 Å². The highest BCUT2D eigenvalue weighted by Crippen LogP contribution is 2.17. The molecule has 182 valence electrons. The molecule has 8 heteroatoms. The summed E-state index contributed by atoms with van der Waals surface area (Å²) in [5.41, 5.74) is 1.34. The minimum atomic E-state index is -0.277. The van der Waals surface area contributed by atoms with Crippen LogP contribution in [0.15, 0.2) is 54.6 Å². The summed E-state index contributed by atoms with van der Waals surface area (Å²) >= 11 is 0. The molecule has 1 aliphatic rings. The first-order valence-electron chi connectivity index (χ1n) is 11.7. The molecule has 0 saturated carbocycles. The molecule has 3 N–H and O–H groups in total. The Kier molecular flexibility index (Phi) is 8.79. The zero-order valence-corrected chi connectivity index (χ0v) is 20.3. The molecule has 0 atom stereocenters. The quantitative estimate of drug-likeness (QED) is 0.585. The van der Waals surface area contributed by atoms with Crippen molar-refractivity contribution in [3.63, 3.8) is 0 Å². The Labute approximate surface area is 201 Å². The summed E-state index contributed by atoms with van der Waals surface area (Å²) in [6.45, 7) is 9.52. The molecule has 0 aromatic heterocycles. The highest BCUT2D eigenvalue weighted by molar-refractivity contribution is 6.10. The van der Waals surface area contributed by atoms with Crippen molar-refractivity contribution in [1.29, 1.82) is 0 Å². The second-order valence-corrected chi connectivity index (χ2v) is 9.62. The fourth-order valence-corrected chi connectivity index (χ4v) is 3.90. The predicted octanol–water partition coefficient (Wildman–Crippen LogP) is 2.80. The SMILES string of the molecule is CC(C)(C)NC(=O)CN1CCCN(CC(=O)Nc2ccccc2C(=O)Nc2ccccc2)CC1. The molecule has 0 unspecified atom stereocenters. The molecule has 0 aliphatic carbocycles. The zero-order chi connectivity index (χ0) is 24.6. The summed E-state index contributed by atoms with van der Waals surface area (Å²) in [6.07, 6.45) is 0.881. The maximum atomic E-state index is 12.8. The Morgan fingerprint density at radius 2 is 1.35 bits per heavy atom. The number of carbonyl (C=O) groups is 3. The first kappa shape index (κ1) is 25.4. The van der Waals surface area contributed by atoms with Gasteiger partial charge in [-0.25, -0.2) is 0 Å². The molecule has 34 heavy (non-hydrogen) atoms. The van der Waals surface area contributed by atoms with Crippen LogP contribution in [0.1, 0.15) is 37.6 Å². The first-order chi connectivity index (χ1) is 16.2. The van der Waals surface area contributed by atoms with Crippen molar-refractivity contribution >= 4 is 29.1 Å². The van der Waals surface area contributed by atoms with E-state index in [-0.39, 0.29) is 29.8 Å². The number of hydrogen-bond acceptors (Lipinski definition) is 5. The van der Waals surface area contributed by atoms with E-state index in [1.807, 2.05) is 51.1 Å². The third-order valence-corrected chi connectivity index (χ3v) is 5.41. The van der Waals surface area contributed by atoms with Crippen LogP contribution in [-0.4, -0.2) is 72.3 Å². The molecule has 2 aromatic carbocycles. The molecule has 1 heterocycles. The van der Waals surface area contributed by atoms with Gasteiger partial charge < -0.3 is 16.0 Å². The van der Waals surface area contributed by atoms with E-state index < -0.39 is 0 Å². The summed E-state index contributed by atoms with van der Waals surface area (Å²) in [4.78, 5) is 42.0. The molecule has 1 saturated heterocycles. The number of para-hydroxylation sites is 2. The van der Waals surface area contributed by atoms with E-state index in [1.165, 1.54) is 0 Å². The fraction of sp³-hybridized carbons (Fsp3) is 0.423. The lowest BCUT2D eigenvalue weighted by atomic mass is 10.1. The number of carbonyl (C=O) groups excluding carboxylic acids is 3. The standard InChI is InChI=1S/C26H35N5O3/c1-26(2,3)29-24(33)19-31-15-9-14-30(16-17-31)18-23(32)28-22-13-8-7-12-21(22)25(34)27-20-10-5-4-6-11-20/h4-8,10-13H,9,14-19H2,1-3H3,(H,27,34)(H,28,32)(H,29,33). The van der Waals surface area contributed by atoms with Gasteiger partial charge in [-0.1, -0.05) is 30.3 Å². The third-order valence-electron chi connectivity index (χ3n) is 5.41. The topological polar surface area (TPSA) is 93.8 Å². The van der Waals surface area contributed by atoms with Crippen molar-refractivity contribution in [3.8, 4) is 0 Å². The molecule has 8 nitrogen and oxygen atoms in total. The van der Waals surface area contributed by atoms with E-state index in [4.69, 9.17) is 0 Å². The first-order valence-corrected chi connectivity index (χ1v) is 11.7. The molecule has 3 rings (SSSR count). The van der Waals surface area contributed by atoms with Crippen molar-refractivity contribution in [2.24, 2.45) is 0 Å². The van der Waals surface area contributed by atoms with Gasteiger partial charge in [0.05, 0.1) is 24.3 Å². The van der Waals surface area contributed by atoms with Crippen LogP contribution in [0.25, 0.3) is 0 Å². The summed E-state index contributed by atoms with van der Waals surface area (Å²) in [5, 5.41) is 8.75. The minimum Gasteiger partial charge on any atom is -0.350 e. The summed E-state index contributed by atoms with van der Waals surface area (Å²) in [6, 6.07) is 16.2. The van der Waals surface area contributed by atoms with Gasteiger partial charge in [0.1, 0.15) is 0 Å². The van der Waals surface area contributed by atoms with E-state index in [1.54, 1.807) is 24.3 Å². The minimum absolute atomic E-state index is 0.0177. The van der Waals surface area contributed by atoms with Crippen LogP contribution in [0, 0.1) is 0 Å². The Hall–Kier alpha value is -3.23. The van der Waals surface area contributed by atoms with Crippen molar-refractivity contribution < 1.29 is 14.4 Å². The highest BCUT2D eigenvalue weighted by Gasteiger charge is 2.21. The van der Waals surface area contributed by atoms with E-state index >= 15 is 0 Å². The molecule has 0 bridgehead atoms. The number of nitrogens with zero attached hydrogens (tertiary/aromatic N) is 2. The van der Waals surface area contributed by atoms with Gasteiger partial charge >= 0.3 is 0 Å². The van der Waals surface area contributed by atoms with Crippen LogP contribution in [0.3, 0.4) is 0 Å². The van der Waals surface area contributed by atoms with Crippen molar-refractivity contribution in [2.75, 3.05) is 49.9 Å². The van der Waals surface area contributed by atoms with E-state index in [9.17, 15) is 14.4 Å². The monoisotopic (exact) mass is 465 g/mol. The Bertz CT molecular complexity index is 987. The maximum Gasteiger partial charge on any atom is 0.257 e. The molecule has 2 aromatic rings. The largest absolute Gasteiger partial charge is 0.350 e. The number of nitrogens with one attached hydrogen (secondary N) is 3. The van der Waals surface area contributed by atoms with Gasteiger partial charge in [0, 0.05) is 24.3 Å². The van der Waals surface area contributed by atoms with Crippen LogP contribution >= 0.6 is 0 Å². The van der Waals surface area contributed by atoms with Gasteiger partial charge in [-0.3, -0.25) is 24.2 Å². The van der Waals surface area contributed by atoms with Gasteiger partial charge in [0.2, 0.25) is 11.8 Å². The number of anilines is 2. The van der Waals surface area contributed by atoms with E-state index in [0.29, 0.717) is 30.0 Å². The average molecular weight is 466 g/mol. The maximum absolute atomic E-state index is 12.8. The second-order valence-electron chi connectivity index (χ2n) is 9.62. The summed E-state index contributed by atoms with van der Waals surface area (Å²) in [5.74, 6) is -0.427. The number of rotatable bonds is 7. The molecule has 1 aliphatic heterocycles. The second kappa shape index (κ2) is 11.8. The molecular weight excluding hydrogens is 430 g/mol. The Morgan fingerprint density at radius 1 is 0.765 bits per heavy atom. The summed E-state index contributed by atoms with van der Waals surface area (Å²) in [7, 11) is 0. The fourth-order valence-electron chi connectivity index (χ4n) is 3.90. The van der Waals surface area contributed by atoms with Crippen molar-refractivity contribution in [3.05, 3.63) is 60.2 Å². The average Bonchev–Trinajstić information content (AvgIpc) is 2.98. The van der Waals surface area contributed by atoms with Crippen LogP contribution in [0.2, 0.25) is 0 Å². The third kappa shape index (κ3) is 8.28. The lowest BCUT2D eigenvalue weighted by molar-refractivity contribution is -0.123. The van der Waals surface area contributed by atoms with Gasteiger partial charge in [-0.15, -0.1) is 0 Å². The Balaban J connectivity index is 1.52. The van der Waals surface area contributed by atoms with E-state index in [0.717, 1.165) is 26.1 Å². The van der Waals surface area contributed by atoms with Gasteiger partial charge in [-0.05, 0) is 64.5 Å². The number of hydrogen-bond donors (Lipinski definition) is 3. The molecule has 0 spiro atoms. The normalized spacial score (nSPS) is 15.3. The van der Waals surface area contributed by atoms with Crippen molar-refractivity contribution in [2.45, 2.75) is 32.7 Å². The highest BCUT2D eigenvalue weighted by atomic mass is 16.2. The predicted molar refractivity (Wildman–Crippen MR) is 135 cm³/mol. The Morgan fingerprint density at radius 3 is 2.00 bits per heavy atom. The van der Waals surface area contributed by atoms with Crippen LogP contribution in [0.4, 0.5) is 11.4 Å². The van der Waals surface area contributed by atoms with Gasteiger partial charge in [0.15, 0.2) is 0 Å². The molecule has 0 radical (unpaired) electrons. The molecule has 3 amide bonds. The van der Waals surface area contributed by atoms with E-state index in [2.05, 4.69) is 25.8 Å². The number of benzene rings is 2. The van der Waals surface area contributed by atoms with Crippen LogP contribution in [-0.2, 0) is 9.59 Å². The molecule has 1 fully saturated rings. The molecular formula is C26H35N5O3. The lowest BCUT2D eigenvalue weighted by Gasteiger charge is -2.25. The van der Waals surface area contributed by atoms with Gasteiger partial charge in [0.25, 0.3) is 5.91 Å².